The third-order valence-electron chi connectivity index (χ3n) is 2.81. The molecule has 0 radical (unpaired) electrons. The van der Waals surface area contributed by atoms with Crippen LogP contribution in [0.25, 0.3) is 0 Å². The van der Waals surface area contributed by atoms with Crippen molar-refractivity contribution in [3.05, 3.63) is 34.3 Å². The molecule has 1 saturated carbocycles. The number of benzene rings is 1. The smallest absolute Gasteiger partial charge is 0.324 e. The van der Waals surface area contributed by atoms with E-state index < -0.39 is 11.7 Å². The molecule has 1 aromatic carbocycles. The van der Waals surface area contributed by atoms with Crippen LogP contribution in [-0.2, 0) is 6.18 Å². The van der Waals surface area contributed by atoms with E-state index in [1.165, 1.54) is 12.1 Å². The zero-order valence-electron chi connectivity index (χ0n) is 8.39. The van der Waals surface area contributed by atoms with Crippen molar-refractivity contribution in [2.75, 3.05) is 0 Å². The van der Waals surface area contributed by atoms with Crippen LogP contribution in [0.15, 0.2) is 18.2 Å². The summed E-state index contributed by atoms with van der Waals surface area (Å²) in [5, 5.41) is -0.277. The second-order valence-electron chi connectivity index (χ2n) is 4.10. The summed E-state index contributed by atoms with van der Waals surface area (Å²) in [5.74, 6) is 0.396. The molecule has 1 atom stereocenters. The van der Waals surface area contributed by atoms with Gasteiger partial charge in [-0.1, -0.05) is 17.7 Å². The third kappa shape index (κ3) is 2.33. The van der Waals surface area contributed by atoms with Gasteiger partial charge in [0.05, 0.1) is 10.6 Å². The SMILES string of the molecule is N[C@H](c1ccc(C(F)(F)F)c(Cl)c1)C1CC1. The first-order valence-electron chi connectivity index (χ1n) is 5.02. The lowest BCUT2D eigenvalue weighted by Gasteiger charge is -2.14. The average molecular weight is 250 g/mol. The zero-order valence-corrected chi connectivity index (χ0v) is 9.15. The first-order chi connectivity index (χ1) is 7.39. The molecular weight excluding hydrogens is 239 g/mol. The highest BCUT2D eigenvalue weighted by Gasteiger charge is 2.34. The van der Waals surface area contributed by atoms with E-state index >= 15 is 0 Å². The molecule has 1 aliphatic rings. The summed E-state index contributed by atoms with van der Waals surface area (Å²) < 4.78 is 37.3. The molecule has 0 bridgehead atoms. The van der Waals surface area contributed by atoms with Gasteiger partial charge < -0.3 is 5.73 Å². The van der Waals surface area contributed by atoms with E-state index in [0.29, 0.717) is 11.5 Å². The Morgan fingerprint density at radius 3 is 2.38 bits per heavy atom. The maximum atomic E-state index is 12.4. The molecule has 1 fully saturated rings. The zero-order chi connectivity index (χ0) is 11.9. The minimum atomic E-state index is -4.40. The molecule has 0 saturated heterocycles. The fourth-order valence-electron chi connectivity index (χ4n) is 1.70. The van der Waals surface area contributed by atoms with E-state index in [4.69, 9.17) is 17.3 Å². The van der Waals surface area contributed by atoms with Gasteiger partial charge in [-0.3, -0.25) is 0 Å². The number of hydrogen-bond acceptors (Lipinski definition) is 1. The van der Waals surface area contributed by atoms with Crippen LogP contribution < -0.4 is 5.73 Å². The Bertz CT molecular complexity index is 399. The van der Waals surface area contributed by atoms with E-state index in [0.717, 1.165) is 18.9 Å². The topological polar surface area (TPSA) is 26.0 Å². The monoisotopic (exact) mass is 249 g/mol. The van der Waals surface area contributed by atoms with Crippen molar-refractivity contribution in [2.24, 2.45) is 11.7 Å². The Morgan fingerprint density at radius 2 is 1.94 bits per heavy atom. The summed E-state index contributed by atoms with van der Waals surface area (Å²) in [7, 11) is 0. The predicted octanol–water partition coefficient (Wildman–Crippen LogP) is 3.77. The van der Waals surface area contributed by atoms with Gasteiger partial charge in [0, 0.05) is 6.04 Å². The van der Waals surface area contributed by atoms with Gasteiger partial charge >= 0.3 is 6.18 Å². The van der Waals surface area contributed by atoms with E-state index in [9.17, 15) is 13.2 Å². The van der Waals surface area contributed by atoms with Gasteiger partial charge in [-0.15, -0.1) is 0 Å². The molecular formula is C11H11ClF3N. The number of alkyl halides is 3. The first kappa shape index (κ1) is 11.7. The van der Waals surface area contributed by atoms with Crippen LogP contribution in [0.4, 0.5) is 13.2 Å². The lowest BCUT2D eigenvalue weighted by molar-refractivity contribution is -0.137. The Morgan fingerprint density at radius 1 is 1.31 bits per heavy atom. The summed E-state index contributed by atoms with van der Waals surface area (Å²) >= 11 is 5.61. The van der Waals surface area contributed by atoms with Crippen molar-refractivity contribution in [1.29, 1.82) is 0 Å². The highest BCUT2D eigenvalue weighted by atomic mass is 35.5. The van der Waals surface area contributed by atoms with Crippen molar-refractivity contribution in [3.63, 3.8) is 0 Å². The summed E-state index contributed by atoms with van der Waals surface area (Å²) in [6, 6.07) is 3.55. The van der Waals surface area contributed by atoms with Crippen molar-refractivity contribution < 1.29 is 13.2 Å². The molecule has 0 aromatic heterocycles. The van der Waals surface area contributed by atoms with Crippen molar-refractivity contribution >= 4 is 11.6 Å². The molecule has 16 heavy (non-hydrogen) atoms. The third-order valence-corrected chi connectivity index (χ3v) is 3.13. The van der Waals surface area contributed by atoms with Gasteiger partial charge in [0.1, 0.15) is 0 Å². The predicted molar refractivity (Wildman–Crippen MR) is 56.1 cm³/mol. The molecule has 1 aliphatic carbocycles. The normalized spacial score (nSPS) is 18.6. The largest absolute Gasteiger partial charge is 0.417 e. The Kier molecular flexibility index (Phi) is 2.88. The van der Waals surface area contributed by atoms with Gasteiger partial charge in [-0.2, -0.15) is 13.2 Å². The van der Waals surface area contributed by atoms with E-state index in [1.807, 2.05) is 0 Å². The van der Waals surface area contributed by atoms with Crippen LogP contribution in [0.2, 0.25) is 5.02 Å². The number of nitrogens with two attached hydrogens (primary N) is 1. The number of hydrogen-bond donors (Lipinski definition) is 1. The minimum Gasteiger partial charge on any atom is -0.324 e. The van der Waals surface area contributed by atoms with Crippen molar-refractivity contribution in [2.45, 2.75) is 25.1 Å². The molecule has 0 amide bonds. The van der Waals surface area contributed by atoms with E-state index in [2.05, 4.69) is 0 Å². The molecule has 0 heterocycles. The number of rotatable bonds is 2. The van der Waals surface area contributed by atoms with Gasteiger partial charge in [0.25, 0.3) is 0 Å². The van der Waals surface area contributed by atoms with Gasteiger partial charge in [-0.25, -0.2) is 0 Å². The number of halogens is 4. The summed E-state index contributed by atoms with van der Waals surface area (Å²) in [4.78, 5) is 0. The fraction of sp³-hybridized carbons (Fsp3) is 0.455. The summed E-state index contributed by atoms with van der Waals surface area (Å²) in [6.07, 6.45) is -2.32. The Labute approximate surface area is 96.4 Å². The van der Waals surface area contributed by atoms with Gasteiger partial charge in [0.2, 0.25) is 0 Å². The quantitative estimate of drug-likeness (QED) is 0.848. The van der Waals surface area contributed by atoms with Crippen molar-refractivity contribution in [1.82, 2.24) is 0 Å². The molecule has 1 aromatic rings. The Balaban J connectivity index is 2.28. The maximum Gasteiger partial charge on any atom is 0.417 e. The van der Waals surface area contributed by atoms with Crippen LogP contribution in [0.5, 0.6) is 0 Å². The average Bonchev–Trinajstić information content (AvgIpc) is 2.97. The fourth-order valence-corrected chi connectivity index (χ4v) is 1.99. The molecule has 2 N–H and O–H groups in total. The lowest BCUT2D eigenvalue weighted by atomic mass is 10.0. The first-order valence-corrected chi connectivity index (χ1v) is 5.39. The van der Waals surface area contributed by atoms with Gasteiger partial charge in [0.15, 0.2) is 0 Å². The second-order valence-corrected chi connectivity index (χ2v) is 4.51. The molecule has 2 rings (SSSR count). The van der Waals surface area contributed by atoms with Crippen LogP contribution >= 0.6 is 11.6 Å². The van der Waals surface area contributed by atoms with E-state index in [-0.39, 0.29) is 11.1 Å². The lowest BCUT2D eigenvalue weighted by Crippen LogP contribution is -2.13. The van der Waals surface area contributed by atoms with Crippen LogP contribution in [0.1, 0.15) is 30.0 Å². The molecule has 0 unspecified atom stereocenters. The van der Waals surface area contributed by atoms with Gasteiger partial charge in [-0.05, 0) is 36.5 Å². The molecule has 1 nitrogen and oxygen atoms in total. The molecule has 0 spiro atoms. The highest BCUT2D eigenvalue weighted by molar-refractivity contribution is 6.31. The standard InChI is InChI=1S/C11H11ClF3N/c12-9-5-7(10(16)6-1-2-6)3-4-8(9)11(13,14)15/h3-6,10H,1-2,16H2/t10-/m0/s1. The van der Waals surface area contributed by atoms with Crippen LogP contribution in [0, 0.1) is 5.92 Å². The maximum absolute atomic E-state index is 12.4. The van der Waals surface area contributed by atoms with Crippen LogP contribution in [0.3, 0.4) is 0 Å². The summed E-state index contributed by atoms with van der Waals surface area (Å²) in [6.45, 7) is 0. The Hall–Kier alpha value is -0.740. The van der Waals surface area contributed by atoms with Crippen LogP contribution in [-0.4, -0.2) is 0 Å². The van der Waals surface area contributed by atoms with E-state index in [1.54, 1.807) is 0 Å². The minimum absolute atomic E-state index is 0.195. The molecule has 88 valence electrons. The highest BCUT2D eigenvalue weighted by Crippen LogP contribution is 2.41. The molecule has 5 heteroatoms. The summed E-state index contributed by atoms with van der Waals surface area (Å²) in [5.41, 5.74) is 5.76. The molecule has 0 aliphatic heterocycles. The van der Waals surface area contributed by atoms with Crippen molar-refractivity contribution in [3.8, 4) is 0 Å². The second kappa shape index (κ2) is 3.93.